The fraction of sp³-hybridized carbons (Fsp3) is 0.500. The lowest BCUT2D eigenvalue weighted by Gasteiger charge is -2.11. The van der Waals surface area contributed by atoms with Gasteiger partial charge in [0, 0.05) is 6.42 Å². The van der Waals surface area contributed by atoms with E-state index in [1.807, 2.05) is 6.07 Å². The number of ether oxygens (including phenoxy) is 1. The van der Waals surface area contributed by atoms with E-state index in [9.17, 15) is 0 Å². The molecule has 0 aromatic heterocycles. The zero-order valence-electron chi connectivity index (χ0n) is 9.03. The van der Waals surface area contributed by atoms with Gasteiger partial charge in [0.25, 0.3) is 0 Å². The van der Waals surface area contributed by atoms with Crippen molar-refractivity contribution in [1.29, 1.82) is 0 Å². The molecule has 1 aromatic carbocycles. The van der Waals surface area contributed by atoms with Gasteiger partial charge in [-0.3, -0.25) is 0 Å². The summed E-state index contributed by atoms with van der Waals surface area (Å²) >= 11 is 0. The Labute approximate surface area is 90.1 Å². The number of rotatable bonds is 5. The van der Waals surface area contributed by atoms with E-state index in [4.69, 9.17) is 10.6 Å². The predicted molar refractivity (Wildman–Crippen MR) is 58.7 cm³/mol. The van der Waals surface area contributed by atoms with Gasteiger partial charge in [0.1, 0.15) is 5.75 Å². The van der Waals surface area contributed by atoms with Crippen molar-refractivity contribution in [2.45, 2.75) is 32.3 Å². The summed E-state index contributed by atoms with van der Waals surface area (Å²) in [6.07, 6.45) is 3.60. The zero-order chi connectivity index (χ0) is 10.7. The minimum atomic E-state index is 0.435. The summed E-state index contributed by atoms with van der Waals surface area (Å²) in [5.74, 6) is 6.02. The molecule has 1 aliphatic carbocycles. The summed E-state index contributed by atoms with van der Waals surface area (Å²) in [5, 5.41) is 0. The first-order chi connectivity index (χ1) is 7.29. The largest absolute Gasteiger partial charge is 0.490 e. The molecule has 3 nitrogen and oxygen atoms in total. The summed E-state index contributed by atoms with van der Waals surface area (Å²) in [5.41, 5.74) is 2.43. The molecule has 0 atom stereocenters. The fourth-order valence-corrected chi connectivity index (χ4v) is 1.55. The van der Waals surface area contributed by atoms with Crippen molar-refractivity contribution in [3.05, 3.63) is 29.3 Å². The minimum absolute atomic E-state index is 0.435. The summed E-state index contributed by atoms with van der Waals surface area (Å²) in [6.45, 7) is 2.61. The first-order valence-electron chi connectivity index (χ1n) is 5.37. The summed E-state index contributed by atoms with van der Waals surface area (Å²) in [7, 11) is 0. The number of nitrogens with two attached hydrogens (primary N) is 1. The molecule has 3 heteroatoms. The monoisotopic (exact) mass is 207 g/mol. The maximum absolute atomic E-state index is 5.81. The van der Waals surface area contributed by atoms with Gasteiger partial charge in [0.15, 0.2) is 0 Å². The standard InChI is InChI=1S/C12H17NO2/c1-9-2-5-12(15-11-3-4-11)10(8-9)6-7-14-13/h2,5,8,11H,3-4,6-7,13H2,1H3. The lowest BCUT2D eigenvalue weighted by atomic mass is 10.1. The van der Waals surface area contributed by atoms with Crippen LogP contribution in [0.2, 0.25) is 0 Å². The molecule has 2 N–H and O–H groups in total. The topological polar surface area (TPSA) is 44.5 Å². The van der Waals surface area contributed by atoms with Gasteiger partial charge in [0.2, 0.25) is 0 Å². The van der Waals surface area contributed by atoms with Gasteiger partial charge < -0.3 is 9.57 Å². The van der Waals surface area contributed by atoms with Gasteiger partial charge in [-0.05, 0) is 31.4 Å². The van der Waals surface area contributed by atoms with Crippen LogP contribution in [0.3, 0.4) is 0 Å². The Bertz CT molecular complexity index is 334. The number of benzene rings is 1. The highest BCUT2D eigenvalue weighted by atomic mass is 16.6. The third kappa shape index (κ3) is 2.94. The molecule has 0 heterocycles. The molecule has 1 aromatic rings. The van der Waals surface area contributed by atoms with Gasteiger partial charge in [-0.2, -0.15) is 0 Å². The van der Waals surface area contributed by atoms with Crippen LogP contribution in [0.25, 0.3) is 0 Å². The highest BCUT2D eigenvalue weighted by Gasteiger charge is 2.24. The van der Waals surface area contributed by atoms with Gasteiger partial charge in [-0.25, -0.2) is 5.90 Å². The maximum atomic E-state index is 5.81. The van der Waals surface area contributed by atoms with E-state index in [0.717, 1.165) is 12.2 Å². The van der Waals surface area contributed by atoms with E-state index in [1.54, 1.807) is 0 Å². The Balaban J connectivity index is 2.10. The van der Waals surface area contributed by atoms with Crippen molar-refractivity contribution in [2.75, 3.05) is 6.61 Å². The Kier molecular flexibility index (Phi) is 3.23. The Morgan fingerprint density at radius 2 is 2.20 bits per heavy atom. The van der Waals surface area contributed by atoms with E-state index in [-0.39, 0.29) is 0 Å². The van der Waals surface area contributed by atoms with E-state index in [0.29, 0.717) is 12.7 Å². The zero-order valence-corrected chi connectivity index (χ0v) is 9.03. The quantitative estimate of drug-likeness (QED) is 0.751. The molecule has 0 amide bonds. The summed E-state index contributed by atoms with van der Waals surface area (Å²) in [6, 6.07) is 6.25. The van der Waals surface area contributed by atoms with Crippen LogP contribution < -0.4 is 10.6 Å². The predicted octanol–water partition coefficient (Wildman–Crippen LogP) is 1.97. The van der Waals surface area contributed by atoms with Crippen molar-refractivity contribution >= 4 is 0 Å². The van der Waals surface area contributed by atoms with E-state index in [2.05, 4.69) is 23.9 Å². The van der Waals surface area contributed by atoms with Crippen molar-refractivity contribution < 1.29 is 9.57 Å². The second-order valence-electron chi connectivity index (χ2n) is 4.05. The molecule has 0 saturated heterocycles. The molecule has 0 spiro atoms. The van der Waals surface area contributed by atoms with Crippen LogP contribution in [0, 0.1) is 6.92 Å². The van der Waals surface area contributed by atoms with Crippen molar-refractivity contribution in [2.24, 2.45) is 5.90 Å². The van der Waals surface area contributed by atoms with Crippen molar-refractivity contribution in [3.63, 3.8) is 0 Å². The van der Waals surface area contributed by atoms with E-state index < -0.39 is 0 Å². The second-order valence-corrected chi connectivity index (χ2v) is 4.05. The third-order valence-electron chi connectivity index (χ3n) is 2.52. The molecular weight excluding hydrogens is 190 g/mol. The highest BCUT2D eigenvalue weighted by Crippen LogP contribution is 2.29. The van der Waals surface area contributed by atoms with Crippen LogP contribution in [0.5, 0.6) is 5.75 Å². The lowest BCUT2D eigenvalue weighted by Crippen LogP contribution is -2.06. The molecule has 1 fully saturated rings. The molecule has 2 rings (SSSR count). The van der Waals surface area contributed by atoms with Gasteiger partial charge in [-0.1, -0.05) is 17.7 Å². The average Bonchev–Trinajstić information content (AvgIpc) is 3.02. The minimum Gasteiger partial charge on any atom is -0.490 e. The number of hydrogen-bond acceptors (Lipinski definition) is 3. The molecule has 15 heavy (non-hydrogen) atoms. The first-order valence-corrected chi connectivity index (χ1v) is 5.37. The van der Waals surface area contributed by atoms with E-state index in [1.165, 1.54) is 24.0 Å². The van der Waals surface area contributed by atoms with Gasteiger partial charge in [-0.15, -0.1) is 0 Å². The van der Waals surface area contributed by atoms with Gasteiger partial charge in [0.05, 0.1) is 12.7 Å². The summed E-state index contributed by atoms with van der Waals surface area (Å²) < 4.78 is 5.81. The highest BCUT2D eigenvalue weighted by molar-refractivity contribution is 5.37. The van der Waals surface area contributed by atoms with Crippen molar-refractivity contribution in [3.8, 4) is 5.75 Å². The fourth-order valence-electron chi connectivity index (χ4n) is 1.55. The van der Waals surface area contributed by atoms with E-state index >= 15 is 0 Å². The SMILES string of the molecule is Cc1ccc(OC2CC2)c(CCON)c1. The van der Waals surface area contributed by atoms with Crippen LogP contribution in [0.15, 0.2) is 18.2 Å². The maximum Gasteiger partial charge on any atom is 0.123 e. The third-order valence-corrected chi connectivity index (χ3v) is 2.52. The van der Waals surface area contributed by atoms with Crippen molar-refractivity contribution in [1.82, 2.24) is 0 Å². The Morgan fingerprint density at radius 3 is 2.87 bits per heavy atom. The molecule has 82 valence electrons. The molecule has 1 aliphatic rings. The first kappa shape index (κ1) is 10.5. The average molecular weight is 207 g/mol. The molecule has 1 saturated carbocycles. The lowest BCUT2D eigenvalue weighted by molar-refractivity contribution is 0.140. The number of hydrogen-bond donors (Lipinski definition) is 1. The number of aryl methyl sites for hydroxylation is 1. The van der Waals surface area contributed by atoms with Crippen LogP contribution in [-0.4, -0.2) is 12.7 Å². The summed E-state index contributed by atoms with van der Waals surface area (Å²) in [4.78, 5) is 4.61. The second kappa shape index (κ2) is 4.64. The molecule has 0 radical (unpaired) electrons. The van der Waals surface area contributed by atoms with Gasteiger partial charge >= 0.3 is 0 Å². The van der Waals surface area contributed by atoms with Crippen LogP contribution in [-0.2, 0) is 11.3 Å². The normalized spacial score (nSPS) is 15.3. The molecular formula is C12H17NO2. The van der Waals surface area contributed by atoms with Crippen LogP contribution >= 0.6 is 0 Å². The Morgan fingerprint density at radius 1 is 1.40 bits per heavy atom. The molecule has 0 bridgehead atoms. The van der Waals surface area contributed by atoms with Crippen LogP contribution in [0.1, 0.15) is 24.0 Å². The van der Waals surface area contributed by atoms with Crippen LogP contribution in [0.4, 0.5) is 0 Å². The smallest absolute Gasteiger partial charge is 0.123 e. The molecule has 0 aliphatic heterocycles. The Hall–Kier alpha value is -1.06. The molecule has 0 unspecified atom stereocenters.